The van der Waals surface area contributed by atoms with Crippen LogP contribution in [0.4, 0.5) is 10.1 Å². The highest BCUT2D eigenvalue weighted by molar-refractivity contribution is 7.13. The largest absolute Gasteiger partial charge is 0.426 e. The topological polar surface area (TPSA) is 59.5 Å². The molecule has 0 N–H and O–H groups in total. The molecule has 7 heteroatoms. The number of thiazole rings is 1. The summed E-state index contributed by atoms with van der Waals surface area (Å²) in [6, 6.07) is 13.1. The van der Waals surface area contributed by atoms with Crippen molar-refractivity contribution in [2.75, 3.05) is 11.4 Å². The third-order valence-corrected chi connectivity index (χ3v) is 5.34. The van der Waals surface area contributed by atoms with E-state index in [1.54, 1.807) is 46.7 Å². The maximum atomic E-state index is 13.3. The average molecular weight is 396 g/mol. The zero-order chi connectivity index (χ0) is 19.5. The minimum absolute atomic E-state index is 0.0260. The molecule has 1 aliphatic rings. The zero-order valence-corrected chi connectivity index (χ0v) is 15.7. The van der Waals surface area contributed by atoms with Crippen LogP contribution in [0.25, 0.3) is 10.6 Å². The van der Waals surface area contributed by atoms with Gasteiger partial charge in [0.25, 0.3) is 0 Å². The number of anilines is 1. The summed E-state index contributed by atoms with van der Waals surface area (Å²) in [5, 5.41) is 2.42. The van der Waals surface area contributed by atoms with E-state index in [0.717, 1.165) is 18.7 Å². The second-order valence-electron chi connectivity index (χ2n) is 6.45. The third kappa shape index (κ3) is 4.09. The van der Waals surface area contributed by atoms with Gasteiger partial charge in [0.2, 0.25) is 5.91 Å². The first kappa shape index (κ1) is 18.3. The van der Waals surface area contributed by atoms with Gasteiger partial charge in [-0.15, -0.1) is 11.3 Å². The molecule has 2 aromatic carbocycles. The van der Waals surface area contributed by atoms with E-state index in [2.05, 4.69) is 4.98 Å². The molecule has 1 amide bonds. The predicted molar refractivity (Wildman–Crippen MR) is 105 cm³/mol. The van der Waals surface area contributed by atoms with Crippen LogP contribution in [0, 0.1) is 5.82 Å². The molecule has 4 rings (SSSR count). The van der Waals surface area contributed by atoms with Gasteiger partial charge in [0.15, 0.2) is 0 Å². The van der Waals surface area contributed by atoms with Crippen LogP contribution in [-0.2, 0) is 16.0 Å². The lowest BCUT2D eigenvalue weighted by Gasteiger charge is -2.15. The van der Waals surface area contributed by atoms with Crippen LogP contribution >= 0.6 is 11.3 Å². The maximum Gasteiger partial charge on any atom is 0.317 e. The second kappa shape index (κ2) is 7.90. The normalized spacial score (nSPS) is 13.8. The smallest absolute Gasteiger partial charge is 0.317 e. The fraction of sp³-hybridized carbons (Fsp3) is 0.190. The van der Waals surface area contributed by atoms with Crippen molar-refractivity contribution in [3.05, 3.63) is 65.4 Å². The summed E-state index contributed by atoms with van der Waals surface area (Å²) in [7, 11) is 0. The highest BCUT2D eigenvalue weighted by Crippen LogP contribution is 2.26. The number of rotatable bonds is 5. The van der Waals surface area contributed by atoms with Crippen LogP contribution in [0.2, 0.25) is 0 Å². The molecule has 142 valence electrons. The van der Waals surface area contributed by atoms with Crippen molar-refractivity contribution in [3.8, 4) is 16.3 Å². The molecule has 3 aromatic rings. The minimum atomic E-state index is -0.430. The summed E-state index contributed by atoms with van der Waals surface area (Å²) >= 11 is 1.35. The molecular weight excluding hydrogens is 379 g/mol. The second-order valence-corrected chi connectivity index (χ2v) is 7.31. The summed E-state index contributed by atoms with van der Waals surface area (Å²) < 4.78 is 18.7. The van der Waals surface area contributed by atoms with Crippen molar-refractivity contribution in [2.24, 2.45) is 0 Å². The summed E-state index contributed by atoms with van der Waals surface area (Å²) in [5.41, 5.74) is 2.06. The number of esters is 1. The van der Waals surface area contributed by atoms with E-state index in [4.69, 9.17) is 4.74 Å². The molecule has 0 unspecified atom stereocenters. The molecule has 0 saturated carbocycles. The molecule has 0 radical (unpaired) electrons. The predicted octanol–water partition coefficient (Wildman–Crippen LogP) is 4.22. The van der Waals surface area contributed by atoms with Gasteiger partial charge in [-0.1, -0.05) is 12.1 Å². The fourth-order valence-electron chi connectivity index (χ4n) is 3.07. The summed E-state index contributed by atoms with van der Waals surface area (Å²) in [6.45, 7) is 0.718. The quantitative estimate of drug-likeness (QED) is 0.479. The lowest BCUT2D eigenvalue weighted by molar-refractivity contribution is -0.133. The number of ether oxygens (including phenoxy) is 1. The SMILES string of the molecule is O=C(Cc1csc(-c2cccc(F)c2)n1)Oc1ccc(N2CCCC2=O)cc1. The van der Waals surface area contributed by atoms with Gasteiger partial charge < -0.3 is 9.64 Å². The van der Waals surface area contributed by atoms with Crippen LogP contribution < -0.4 is 9.64 Å². The lowest BCUT2D eigenvalue weighted by Crippen LogP contribution is -2.23. The van der Waals surface area contributed by atoms with Crippen molar-refractivity contribution < 1.29 is 18.7 Å². The molecule has 5 nitrogen and oxygen atoms in total. The zero-order valence-electron chi connectivity index (χ0n) is 14.9. The average Bonchev–Trinajstić information content (AvgIpc) is 3.31. The molecule has 1 fully saturated rings. The number of carbonyl (C=O) groups is 2. The molecule has 1 aliphatic heterocycles. The first-order chi connectivity index (χ1) is 13.6. The Balaban J connectivity index is 1.37. The first-order valence-corrected chi connectivity index (χ1v) is 9.78. The summed E-state index contributed by atoms with van der Waals surface area (Å²) in [5.74, 6) is -0.225. The number of amides is 1. The van der Waals surface area contributed by atoms with Crippen molar-refractivity contribution in [3.63, 3.8) is 0 Å². The molecule has 28 heavy (non-hydrogen) atoms. The van der Waals surface area contributed by atoms with Crippen LogP contribution in [0.5, 0.6) is 5.75 Å². The Kier molecular flexibility index (Phi) is 5.16. The van der Waals surface area contributed by atoms with Gasteiger partial charge in [0, 0.05) is 29.6 Å². The van der Waals surface area contributed by atoms with Crippen molar-refractivity contribution in [2.45, 2.75) is 19.3 Å². The van der Waals surface area contributed by atoms with Crippen LogP contribution in [0.3, 0.4) is 0 Å². The number of benzene rings is 2. The van der Waals surface area contributed by atoms with Gasteiger partial charge in [-0.3, -0.25) is 9.59 Å². The minimum Gasteiger partial charge on any atom is -0.426 e. The Labute approximate surface area is 165 Å². The van der Waals surface area contributed by atoms with Gasteiger partial charge in [0.05, 0.1) is 12.1 Å². The van der Waals surface area contributed by atoms with E-state index >= 15 is 0 Å². The third-order valence-electron chi connectivity index (χ3n) is 4.40. The van der Waals surface area contributed by atoms with Crippen LogP contribution in [0.15, 0.2) is 53.9 Å². The molecule has 0 bridgehead atoms. The Morgan fingerprint density at radius 1 is 1.21 bits per heavy atom. The van der Waals surface area contributed by atoms with E-state index in [0.29, 0.717) is 28.4 Å². The molecule has 1 aromatic heterocycles. The lowest BCUT2D eigenvalue weighted by atomic mass is 10.2. The van der Waals surface area contributed by atoms with Gasteiger partial charge in [0.1, 0.15) is 16.6 Å². The van der Waals surface area contributed by atoms with E-state index in [-0.39, 0.29) is 18.1 Å². The molecule has 2 heterocycles. The van der Waals surface area contributed by atoms with Gasteiger partial charge in [-0.05, 0) is 42.8 Å². The van der Waals surface area contributed by atoms with E-state index in [1.807, 2.05) is 0 Å². The highest BCUT2D eigenvalue weighted by Gasteiger charge is 2.21. The number of halogens is 1. The number of hydrogen-bond acceptors (Lipinski definition) is 5. The summed E-state index contributed by atoms with van der Waals surface area (Å²) in [6.07, 6.45) is 1.46. The number of nitrogens with zero attached hydrogens (tertiary/aromatic N) is 2. The van der Waals surface area contributed by atoms with Gasteiger partial charge >= 0.3 is 5.97 Å². The van der Waals surface area contributed by atoms with Gasteiger partial charge in [-0.2, -0.15) is 0 Å². The molecule has 0 aliphatic carbocycles. The fourth-order valence-corrected chi connectivity index (χ4v) is 3.89. The van der Waals surface area contributed by atoms with Crippen molar-refractivity contribution >= 4 is 28.9 Å². The molecule has 0 atom stereocenters. The monoisotopic (exact) mass is 396 g/mol. The molecule has 0 spiro atoms. The number of aromatic nitrogens is 1. The van der Waals surface area contributed by atoms with Gasteiger partial charge in [-0.25, -0.2) is 9.37 Å². The number of carbonyl (C=O) groups excluding carboxylic acids is 2. The highest BCUT2D eigenvalue weighted by atomic mass is 32.1. The maximum absolute atomic E-state index is 13.3. The molecule has 1 saturated heterocycles. The summed E-state index contributed by atoms with van der Waals surface area (Å²) in [4.78, 5) is 30.1. The Morgan fingerprint density at radius 3 is 2.75 bits per heavy atom. The first-order valence-electron chi connectivity index (χ1n) is 8.90. The van der Waals surface area contributed by atoms with Crippen molar-refractivity contribution in [1.29, 1.82) is 0 Å². The van der Waals surface area contributed by atoms with Crippen LogP contribution in [0.1, 0.15) is 18.5 Å². The van der Waals surface area contributed by atoms with Crippen molar-refractivity contribution in [1.82, 2.24) is 4.98 Å². The molecular formula is C21H17FN2O3S. The Hall–Kier alpha value is -3.06. The number of hydrogen-bond donors (Lipinski definition) is 0. The van der Waals surface area contributed by atoms with E-state index < -0.39 is 5.97 Å². The van der Waals surface area contributed by atoms with E-state index in [1.165, 1.54) is 23.5 Å². The standard InChI is InChI=1S/C21H17FN2O3S/c22-15-4-1-3-14(11-15)21-23-16(13-28-21)12-20(26)27-18-8-6-17(7-9-18)24-10-2-5-19(24)25/h1,3-4,6-9,11,13H,2,5,10,12H2. The Morgan fingerprint density at radius 2 is 2.04 bits per heavy atom. The van der Waals surface area contributed by atoms with Crippen LogP contribution in [-0.4, -0.2) is 23.4 Å². The Bertz CT molecular complexity index is 1020. The van der Waals surface area contributed by atoms with E-state index in [9.17, 15) is 14.0 Å².